The van der Waals surface area contributed by atoms with Crippen LogP contribution in [0.2, 0.25) is 0 Å². The van der Waals surface area contributed by atoms with Crippen LogP contribution in [0.4, 0.5) is 0 Å². The van der Waals surface area contributed by atoms with Gasteiger partial charge < -0.3 is 10.4 Å². The molecule has 1 aromatic rings. The third-order valence-electron chi connectivity index (χ3n) is 4.31. The Kier molecular flexibility index (Phi) is 3.64. The Hall–Kier alpha value is -0.900. The van der Waals surface area contributed by atoms with Crippen molar-refractivity contribution in [1.29, 1.82) is 0 Å². The largest absolute Gasteiger partial charge is 0.391 e. The Morgan fingerprint density at radius 1 is 1.11 bits per heavy atom. The molecule has 2 aliphatic heterocycles. The topological polar surface area (TPSA) is 35.5 Å². The number of aliphatic hydroxyl groups excluding tert-OH is 1. The van der Waals surface area contributed by atoms with E-state index >= 15 is 0 Å². The number of hydrogen-bond acceptors (Lipinski definition) is 3. The fourth-order valence-corrected chi connectivity index (χ4v) is 3.24. The Bertz CT molecular complexity index is 407. The van der Waals surface area contributed by atoms with E-state index in [0.29, 0.717) is 6.04 Å². The number of nitrogens with one attached hydrogen (secondary N) is 1. The predicted molar refractivity (Wildman–Crippen MR) is 72.5 cm³/mol. The first-order chi connectivity index (χ1) is 8.84. The van der Waals surface area contributed by atoms with Crippen molar-refractivity contribution in [3.63, 3.8) is 0 Å². The minimum absolute atomic E-state index is 0.176. The third kappa shape index (κ3) is 2.44. The molecule has 3 rings (SSSR count). The zero-order valence-corrected chi connectivity index (χ0v) is 10.8. The van der Waals surface area contributed by atoms with Gasteiger partial charge in [0.15, 0.2) is 0 Å². The van der Waals surface area contributed by atoms with Gasteiger partial charge in [0.2, 0.25) is 0 Å². The molecule has 18 heavy (non-hydrogen) atoms. The van der Waals surface area contributed by atoms with Gasteiger partial charge in [-0.3, -0.25) is 4.90 Å². The second-order valence-corrected chi connectivity index (χ2v) is 5.45. The highest BCUT2D eigenvalue weighted by Crippen LogP contribution is 2.24. The van der Waals surface area contributed by atoms with Gasteiger partial charge in [0.05, 0.1) is 6.10 Å². The second kappa shape index (κ2) is 5.39. The maximum Gasteiger partial charge on any atom is 0.0708 e. The van der Waals surface area contributed by atoms with E-state index in [0.717, 1.165) is 45.4 Å². The van der Waals surface area contributed by atoms with Crippen LogP contribution in [0.15, 0.2) is 24.3 Å². The average Bonchev–Trinajstić information content (AvgIpc) is 2.63. The van der Waals surface area contributed by atoms with Crippen molar-refractivity contribution in [3.8, 4) is 0 Å². The lowest BCUT2D eigenvalue weighted by molar-refractivity contribution is 0.0394. The summed E-state index contributed by atoms with van der Waals surface area (Å²) in [5.74, 6) is 0. The molecule has 0 aromatic heterocycles. The SMILES string of the molecule is O[C@H]1CCNCC[C@@H]1N1CCc2ccccc2C1. The molecule has 2 heterocycles. The first-order valence-electron chi connectivity index (χ1n) is 7.04. The molecule has 98 valence electrons. The summed E-state index contributed by atoms with van der Waals surface area (Å²) in [6.45, 7) is 4.05. The van der Waals surface area contributed by atoms with Gasteiger partial charge in [-0.05, 0) is 43.5 Å². The second-order valence-electron chi connectivity index (χ2n) is 5.45. The molecule has 0 aliphatic carbocycles. The summed E-state index contributed by atoms with van der Waals surface area (Å²) in [7, 11) is 0. The molecule has 2 N–H and O–H groups in total. The Balaban J connectivity index is 1.74. The van der Waals surface area contributed by atoms with Crippen molar-refractivity contribution in [3.05, 3.63) is 35.4 Å². The molecule has 1 fully saturated rings. The lowest BCUT2D eigenvalue weighted by atomic mass is 9.96. The maximum atomic E-state index is 10.3. The molecular formula is C15H22N2O. The van der Waals surface area contributed by atoms with Crippen molar-refractivity contribution in [1.82, 2.24) is 10.2 Å². The minimum atomic E-state index is -0.176. The first kappa shape index (κ1) is 12.2. The van der Waals surface area contributed by atoms with Gasteiger partial charge in [-0.15, -0.1) is 0 Å². The highest BCUT2D eigenvalue weighted by Gasteiger charge is 2.29. The van der Waals surface area contributed by atoms with E-state index in [1.165, 1.54) is 11.1 Å². The molecule has 2 atom stereocenters. The van der Waals surface area contributed by atoms with Gasteiger partial charge in [-0.1, -0.05) is 24.3 Å². The summed E-state index contributed by atoms with van der Waals surface area (Å²) >= 11 is 0. The van der Waals surface area contributed by atoms with Gasteiger partial charge in [0.1, 0.15) is 0 Å². The van der Waals surface area contributed by atoms with Crippen LogP contribution in [0.25, 0.3) is 0 Å². The van der Waals surface area contributed by atoms with E-state index in [1.807, 2.05) is 0 Å². The van der Waals surface area contributed by atoms with Crippen LogP contribution >= 0.6 is 0 Å². The molecule has 2 aliphatic rings. The van der Waals surface area contributed by atoms with Crippen LogP contribution in [0, 0.1) is 0 Å². The summed E-state index contributed by atoms with van der Waals surface area (Å²) < 4.78 is 0. The number of aliphatic hydroxyl groups is 1. The predicted octanol–water partition coefficient (Wildman–Crippen LogP) is 1.16. The molecule has 0 spiro atoms. The standard InChI is InChI=1S/C15H22N2O/c18-15-6-9-16-8-5-14(15)17-10-7-12-3-1-2-4-13(12)11-17/h1-4,14-16,18H,5-11H2/t14-,15-/m0/s1. The van der Waals surface area contributed by atoms with Gasteiger partial charge in [0.25, 0.3) is 0 Å². The van der Waals surface area contributed by atoms with E-state index in [-0.39, 0.29) is 6.10 Å². The van der Waals surface area contributed by atoms with Crippen LogP contribution in [0.3, 0.4) is 0 Å². The molecule has 0 saturated carbocycles. The monoisotopic (exact) mass is 246 g/mol. The molecule has 0 amide bonds. The average molecular weight is 246 g/mol. The summed E-state index contributed by atoms with van der Waals surface area (Å²) in [5, 5.41) is 13.6. The van der Waals surface area contributed by atoms with Crippen molar-refractivity contribution < 1.29 is 5.11 Å². The van der Waals surface area contributed by atoms with E-state index in [9.17, 15) is 5.11 Å². The van der Waals surface area contributed by atoms with Crippen LogP contribution in [0.1, 0.15) is 24.0 Å². The minimum Gasteiger partial charge on any atom is -0.391 e. The Morgan fingerprint density at radius 3 is 2.78 bits per heavy atom. The van der Waals surface area contributed by atoms with Crippen molar-refractivity contribution in [2.75, 3.05) is 19.6 Å². The van der Waals surface area contributed by atoms with Gasteiger partial charge >= 0.3 is 0 Å². The number of benzene rings is 1. The summed E-state index contributed by atoms with van der Waals surface area (Å²) in [5.41, 5.74) is 2.92. The molecule has 3 heteroatoms. The third-order valence-corrected chi connectivity index (χ3v) is 4.31. The first-order valence-corrected chi connectivity index (χ1v) is 7.04. The van der Waals surface area contributed by atoms with Crippen LogP contribution in [0.5, 0.6) is 0 Å². The molecule has 0 unspecified atom stereocenters. The van der Waals surface area contributed by atoms with Crippen molar-refractivity contribution in [2.45, 2.75) is 38.0 Å². The number of hydrogen-bond donors (Lipinski definition) is 2. The number of rotatable bonds is 1. The smallest absolute Gasteiger partial charge is 0.0708 e. The number of fused-ring (bicyclic) bond motifs is 1. The molecular weight excluding hydrogens is 224 g/mol. The van der Waals surface area contributed by atoms with E-state index in [4.69, 9.17) is 0 Å². The lowest BCUT2D eigenvalue weighted by Gasteiger charge is -2.37. The van der Waals surface area contributed by atoms with Crippen LogP contribution < -0.4 is 5.32 Å². The molecule has 1 saturated heterocycles. The summed E-state index contributed by atoms with van der Waals surface area (Å²) in [6, 6.07) is 9.03. The normalized spacial score (nSPS) is 29.6. The van der Waals surface area contributed by atoms with E-state index < -0.39 is 0 Å². The van der Waals surface area contributed by atoms with Crippen molar-refractivity contribution >= 4 is 0 Å². The zero-order chi connectivity index (χ0) is 12.4. The maximum absolute atomic E-state index is 10.3. The fraction of sp³-hybridized carbons (Fsp3) is 0.600. The van der Waals surface area contributed by atoms with Gasteiger partial charge in [0, 0.05) is 19.1 Å². The lowest BCUT2D eigenvalue weighted by Crippen LogP contribution is -2.46. The zero-order valence-electron chi connectivity index (χ0n) is 10.8. The van der Waals surface area contributed by atoms with Crippen molar-refractivity contribution in [2.24, 2.45) is 0 Å². The quantitative estimate of drug-likeness (QED) is 0.780. The van der Waals surface area contributed by atoms with E-state index in [1.54, 1.807) is 0 Å². The Morgan fingerprint density at radius 2 is 1.89 bits per heavy atom. The van der Waals surface area contributed by atoms with Gasteiger partial charge in [-0.25, -0.2) is 0 Å². The van der Waals surface area contributed by atoms with Crippen LogP contribution in [-0.4, -0.2) is 41.8 Å². The molecule has 0 radical (unpaired) electrons. The summed E-state index contributed by atoms with van der Waals surface area (Å²) in [4.78, 5) is 2.47. The highest BCUT2D eigenvalue weighted by molar-refractivity contribution is 5.29. The van der Waals surface area contributed by atoms with Crippen LogP contribution in [-0.2, 0) is 13.0 Å². The number of nitrogens with zero attached hydrogens (tertiary/aromatic N) is 1. The fourth-order valence-electron chi connectivity index (χ4n) is 3.24. The highest BCUT2D eigenvalue weighted by atomic mass is 16.3. The summed E-state index contributed by atoms with van der Waals surface area (Å²) in [6.07, 6.45) is 2.88. The Labute approximate surface area is 109 Å². The van der Waals surface area contributed by atoms with E-state index in [2.05, 4.69) is 34.5 Å². The molecule has 3 nitrogen and oxygen atoms in total. The molecule has 0 bridgehead atoms. The van der Waals surface area contributed by atoms with Gasteiger partial charge in [-0.2, -0.15) is 0 Å². The molecule has 1 aromatic carbocycles.